The average Bonchev–Trinajstić information content (AvgIpc) is 1.88. The summed E-state index contributed by atoms with van der Waals surface area (Å²) in [5, 5.41) is 0. The Kier molecular flexibility index (Phi) is 4.37. The first kappa shape index (κ1) is 9.01. The third-order valence-corrected chi connectivity index (χ3v) is 0.930. The topological polar surface area (TPSA) is 35.5 Å². The van der Waals surface area contributed by atoms with Gasteiger partial charge < -0.3 is 9.47 Å². The third-order valence-electron chi connectivity index (χ3n) is 0.930. The maximum absolute atomic E-state index is 10.6. The number of rotatable bonds is 3. The Morgan fingerprint density at radius 3 is 2.60 bits per heavy atom. The van der Waals surface area contributed by atoms with Crippen molar-refractivity contribution in [2.75, 3.05) is 13.7 Å². The zero-order valence-corrected chi connectivity index (χ0v) is 6.51. The van der Waals surface area contributed by atoms with E-state index >= 15 is 0 Å². The van der Waals surface area contributed by atoms with Crippen molar-refractivity contribution >= 4 is 5.97 Å². The van der Waals surface area contributed by atoms with E-state index < -0.39 is 0 Å². The Balaban J connectivity index is 3.75. The summed E-state index contributed by atoms with van der Waals surface area (Å²) in [5.41, 5.74) is 0. The van der Waals surface area contributed by atoms with Crippen molar-refractivity contribution in [2.24, 2.45) is 0 Å². The van der Waals surface area contributed by atoms with Crippen LogP contribution in [-0.2, 0) is 14.3 Å². The minimum absolute atomic E-state index is 0.359. The summed E-state index contributed by atoms with van der Waals surface area (Å²) in [7, 11) is 1.51. The van der Waals surface area contributed by atoms with Crippen LogP contribution in [0.3, 0.4) is 0 Å². The van der Waals surface area contributed by atoms with Gasteiger partial charge in [0, 0.05) is 0 Å². The van der Waals surface area contributed by atoms with Gasteiger partial charge in [-0.15, -0.1) is 0 Å². The molecule has 0 amide bonds. The lowest BCUT2D eigenvalue weighted by Crippen LogP contribution is -2.00. The molecule has 0 unspecified atom stereocenters. The number of esters is 1. The second-order valence-electron chi connectivity index (χ2n) is 1.71. The summed E-state index contributed by atoms with van der Waals surface area (Å²) in [6, 6.07) is 0. The number of methoxy groups -OCH3 is 1. The van der Waals surface area contributed by atoms with E-state index in [1.807, 2.05) is 0 Å². The van der Waals surface area contributed by atoms with Gasteiger partial charge in [0.2, 0.25) is 0 Å². The smallest absolute Gasteiger partial charge is 0.334 e. The molecule has 0 saturated carbocycles. The van der Waals surface area contributed by atoms with E-state index in [1.54, 1.807) is 13.8 Å². The summed E-state index contributed by atoms with van der Waals surface area (Å²) < 4.78 is 9.35. The Morgan fingerprint density at radius 2 is 2.20 bits per heavy atom. The highest BCUT2D eigenvalue weighted by molar-refractivity contribution is 5.82. The van der Waals surface area contributed by atoms with E-state index in [9.17, 15) is 4.79 Å². The molecule has 0 saturated heterocycles. The van der Waals surface area contributed by atoms with E-state index in [2.05, 4.69) is 4.74 Å². The number of ether oxygens (including phenoxy) is 2. The first-order chi connectivity index (χ1) is 4.70. The number of carbonyl (C=O) groups is 1. The summed E-state index contributed by atoms with van der Waals surface area (Å²) in [5.74, 6) is 0.195. The largest absolute Gasteiger partial charge is 0.501 e. The number of hydrogen-bond acceptors (Lipinski definition) is 3. The Bertz CT molecular complexity index is 138. The van der Waals surface area contributed by atoms with Crippen LogP contribution in [0.15, 0.2) is 11.8 Å². The van der Waals surface area contributed by atoms with Crippen LogP contribution in [0.25, 0.3) is 0 Å². The van der Waals surface area contributed by atoms with Gasteiger partial charge in [-0.1, -0.05) is 0 Å². The molecular weight excluding hydrogens is 132 g/mol. The standard InChI is InChI=1S/C7H12O3/c1-4-10-7(8)5-6(2)9-3/h5H,4H2,1-3H3. The van der Waals surface area contributed by atoms with Crippen molar-refractivity contribution in [2.45, 2.75) is 13.8 Å². The van der Waals surface area contributed by atoms with Gasteiger partial charge in [0.1, 0.15) is 0 Å². The normalized spacial score (nSPS) is 10.9. The Hall–Kier alpha value is -0.990. The molecule has 0 aromatic carbocycles. The third kappa shape index (κ3) is 3.95. The summed E-state index contributed by atoms with van der Waals surface area (Å²) >= 11 is 0. The molecule has 0 radical (unpaired) electrons. The van der Waals surface area contributed by atoms with Crippen molar-refractivity contribution in [1.29, 1.82) is 0 Å². The van der Waals surface area contributed by atoms with Crippen LogP contribution in [0.4, 0.5) is 0 Å². The minimum atomic E-state index is -0.359. The second kappa shape index (κ2) is 4.85. The van der Waals surface area contributed by atoms with Crippen molar-refractivity contribution in [3.63, 3.8) is 0 Å². The van der Waals surface area contributed by atoms with Crippen LogP contribution in [0.2, 0.25) is 0 Å². The number of carbonyl (C=O) groups excluding carboxylic acids is 1. The number of allylic oxidation sites excluding steroid dienone is 1. The van der Waals surface area contributed by atoms with Crippen LogP contribution in [0.5, 0.6) is 0 Å². The lowest BCUT2D eigenvalue weighted by atomic mass is 10.5. The quantitative estimate of drug-likeness (QED) is 0.338. The molecule has 0 heterocycles. The van der Waals surface area contributed by atoms with Gasteiger partial charge in [0.15, 0.2) is 0 Å². The van der Waals surface area contributed by atoms with Gasteiger partial charge in [-0.05, 0) is 13.8 Å². The van der Waals surface area contributed by atoms with Gasteiger partial charge >= 0.3 is 5.97 Å². The van der Waals surface area contributed by atoms with Crippen LogP contribution in [0, 0.1) is 0 Å². The predicted octanol–water partition coefficient (Wildman–Crippen LogP) is 1.10. The highest BCUT2D eigenvalue weighted by Crippen LogP contribution is 1.92. The van der Waals surface area contributed by atoms with Gasteiger partial charge in [-0.3, -0.25) is 0 Å². The molecule has 0 aromatic heterocycles. The van der Waals surface area contributed by atoms with Gasteiger partial charge in [0.05, 0.1) is 25.6 Å². The van der Waals surface area contributed by atoms with Crippen LogP contribution >= 0.6 is 0 Å². The SMILES string of the molecule is CCOC(=O)C=C(C)OC. The van der Waals surface area contributed by atoms with Gasteiger partial charge in [-0.2, -0.15) is 0 Å². The van der Waals surface area contributed by atoms with E-state index in [4.69, 9.17) is 4.74 Å². The van der Waals surface area contributed by atoms with Crippen LogP contribution < -0.4 is 0 Å². The molecule has 0 aliphatic carbocycles. The molecule has 3 heteroatoms. The molecule has 0 rings (SSSR count). The molecule has 3 nitrogen and oxygen atoms in total. The van der Waals surface area contributed by atoms with Crippen molar-refractivity contribution in [3.05, 3.63) is 11.8 Å². The average molecular weight is 144 g/mol. The molecule has 0 bridgehead atoms. The maximum atomic E-state index is 10.6. The van der Waals surface area contributed by atoms with E-state index in [1.165, 1.54) is 13.2 Å². The fourth-order valence-corrected chi connectivity index (χ4v) is 0.409. The molecular formula is C7H12O3. The molecule has 0 N–H and O–H groups in total. The van der Waals surface area contributed by atoms with Crippen molar-refractivity contribution in [3.8, 4) is 0 Å². The van der Waals surface area contributed by atoms with Crippen LogP contribution in [0.1, 0.15) is 13.8 Å². The van der Waals surface area contributed by atoms with Gasteiger partial charge in [-0.25, -0.2) is 4.79 Å². The molecule has 0 aliphatic rings. The fourth-order valence-electron chi connectivity index (χ4n) is 0.409. The van der Waals surface area contributed by atoms with Crippen LogP contribution in [-0.4, -0.2) is 19.7 Å². The summed E-state index contributed by atoms with van der Waals surface area (Å²) in [4.78, 5) is 10.6. The first-order valence-electron chi connectivity index (χ1n) is 3.09. The lowest BCUT2D eigenvalue weighted by Gasteiger charge is -1.98. The summed E-state index contributed by atoms with van der Waals surface area (Å²) in [6.07, 6.45) is 1.31. The Labute approximate surface area is 60.6 Å². The molecule has 10 heavy (non-hydrogen) atoms. The highest BCUT2D eigenvalue weighted by atomic mass is 16.5. The molecule has 0 spiro atoms. The summed E-state index contributed by atoms with van der Waals surface area (Å²) in [6.45, 7) is 3.84. The predicted molar refractivity (Wildman–Crippen MR) is 37.4 cm³/mol. The minimum Gasteiger partial charge on any atom is -0.501 e. The molecule has 58 valence electrons. The first-order valence-corrected chi connectivity index (χ1v) is 3.09. The van der Waals surface area contributed by atoms with Gasteiger partial charge in [0.25, 0.3) is 0 Å². The monoisotopic (exact) mass is 144 g/mol. The van der Waals surface area contributed by atoms with E-state index in [0.717, 1.165) is 0 Å². The second-order valence-corrected chi connectivity index (χ2v) is 1.71. The molecule has 0 aliphatic heterocycles. The Morgan fingerprint density at radius 1 is 1.60 bits per heavy atom. The highest BCUT2D eigenvalue weighted by Gasteiger charge is 1.95. The molecule has 0 atom stereocenters. The van der Waals surface area contributed by atoms with Crippen molar-refractivity contribution in [1.82, 2.24) is 0 Å². The maximum Gasteiger partial charge on any atom is 0.334 e. The fraction of sp³-hybridized carbons (Fsp3) is 0.571. The zero-order chi connectivity index (χ0) is 7.98. The van der Waals surface area contributed by atoms with Crippen molar-refractivity contribution < 1.29 is 14.3 Å². The van der Waals surface area contributed by atoms with E-state index in [0.29, 0.717) is 12.4 Å². The molecule has 0 fully saturated rings. The number of hydrogen-bond donors (Lipinski definition) is 0. The molecule has 0 aromatic rings. The zero-order valence-electron chi connectivity index (χ0n) is 6.51. The van der Waals surface area contributed by atoms with E-state index in [-0.39, 0.29) is 5.97 Å². The lowest BCUT2D eigenvalue weighted by molar-refractivity contribution is -0.137.